The first kappa shape index (κ1) is 16.1. The molecule has 1 aromatic rings. The number of piperidine rings is 1. The van der Waals surface area contributed by atoms with Gasteiger partial charge in [-0.15, -0.1) is 0 Å². The Morgan fingerprint density at radius 1 is 1.55 bits per heavy atom. The molecule has 1 aliphatic rings. The Bertz CT molecular complexity index is 535. The standard InChI is InChI=1S/C15H21N3O4/c1-2-22-13-11(5-3-7-16-13)9-17-15(21)18-8-4-6-12(10-18)14(19)20/h3,5,7,12H,2,4,6,8-10H2,1H3,(H,17,21)(H,19,20). The average Bonchev–Trinajstić information content (AvgIpc) is 2.54. The van der Waals surface area contributed by atoms with E-state index in [9.17, 15) is 9.59 Å². The summed E-state index contributed by atoms with van der Waals surface area (Å²) in [6.45, 7) is 3.52. The molecule has 0 radical (unpaired) electrons. The smallest absolute Gasteiger partial charge is 0.317 e. The number of nitrogens with one attached hydrogen (secondary N) is 1. The number of hydrogen-bond donors (Lipinski definition) is 2. The van der Waals surface area contributed by atoms with E-state index in [-0.39, 0.29) is 12.6 Å². The highest BCUT2D eigenvalue weighted by molar-refractivity contribution is 5.76. The van der Waals surface area contributed by atoms with Crippen LogP contribution in [0, 0.1) is 5.92 Å². The van der Waals surface area contributed by atoms with Gasteiger partial charge < -0.3 is 20.1 Å². The second kappa shape index (κ2) is 7.63. The van der Waals surface area contributed by atoms with Crippen LogP contribution in [-0.2, 0) is 11.3 Å². The summed E-state index contributed by atoms with van der Waals surface area (Å²) in [5, 5.41) is 11.9. The second-order valence-electron chi connectivity index (χ2n) is 5.18. The lowest BCUT2D eigenvalue weighted by molar-refractivity contribution is -0.143. The zero-order valence-corrected chi connectivity index (χ0v) is 12.6. The number of carboxylic acids is 1. The van der Waals surface area contributed by atoms with Crippen LogP contribution < -0.4 is 10.1 Å². The maximum absolute atomic E-state index is 12.2. The Hall–Kier alpha value is -2.31. The zero-order valence-electron chi connectivity index (χ0n) is 12.6. The Labute approximate surface area is 129 Å². The first-order valence-corrected chi connectivity index (χ1v) is 7.44. The number of rotatable bonds is 5. The molecule has 0 aliphatic carbocycles. The first-order chi connectivity index (χ1) is 10.6. The third-order valence-electron chi connectivity index (χ3n) is 3.62. The number of likely N-dealkylation sites (tertiary alicyclic amines) is 1. The third-order valence-corrected chi connectivity index (χ3v) is 3.62. The van der Waals surface area contributed by atoms with Gasteiger partial charge in [-0.1, -0.05) is 6.07 Å². The number of aromatic nitrogens is 1. The van der Waals surface area contributed by atoms with Crippen LogP contribution in [0.3, 0.4) is 0 Å². The number of amides is 2. The molecule has 7 nitrogen and oxygen atoms in total. The molecule has 1 aromatic heterocycles. The van der Waals surface area contributed by atoms with Crippen molar-refractivity contribution in [2.45, 2.75) is 26.3 Å². The van der Waals surface area contributed by atoms with Crippen molar-refractivity contribution in [3.05, 3.63) is 23.9 Å². The highest BCUT2D eigenvalue weighted by Crippen LogP contribution is 2.17. The number of pyridine rings is 1. The number of aliphatic carboxylic acids is 1. The van der Waals surface area contributed by atoms with Gasteiger partial charge in [0.1, 0.15) is 0 Å². The fourth-order valence-corrected chi connectivity index (χ4v) is 2.47. The van der Waals surface area contributed by atoms with Gasteiger partial charge in [0.2, 0.25) is 5.88 Å². The summed E-state index contributed by atoms with van der Waals surface area (Å²) in [5.74, 6) is -0.812. The Kier molecular flexibility index (Phi) is 5.57. The van der Waals surface area contributed by atoms with Crippen LogP contribution in [0.1, 0.15) is 25.3 Å². The summed E-state index contributed by atoms with van der Waals surface area (Å²) in [5.41, 5.74) is 0.796. The molecule has 120 valence electrons. The van der Waals surface area contributed by atoms with Crippen LogP contribution in [0.4, 0.5) is 4.79 Å². The Balaban J connectivity index is 1.91. The molecule has 1 aliphatic heterocycles. The molecule has 0 bridgehead atoms. The predicted octanol–water partition coefficient (Wildman–Crippen LogP) is 1.49. The molecule has 0 saturated carbocycles. The Morgan fingerprint density at radius 2 is 2.36 bits per heavy atom. The minimum Gasteiger partial charge on any atom is -0.481 e. The highest BCUT2D eigenvalue weighted by atomic mass is 16.5. The normalized spacial score (nSPS) is 17.9. The molecule has 2 heterocycles. The van der Waals surface area contributed by atoms with E-state index in [0.717, 1.165) is 5.56 Å². The molecule has 2 N–H and O–H groups in total. The van der Waals surface area contributed by atoms with Crippen molar-refractivity contribution in [2.75, 3.05) is 19.7 Å². The molecule has 2 amide bonds. The quantitative estimate of drug-likeness (QED) is 0.860. The van der Waals surface area contributed by atoms with Crippen molar-refractivity contribution in [1.29, 1.82) is 0 Å². The molecule has 0 spiro atoms. The molecule has 1 unspecified atom stereocenters. The van der Waals surface area contributed by atoms with Crippen LogP contribution in [0.2, 0.25) is 0 Å². The summed E-state index contributed by atoms with van der Waals surface area (Å²) in [7, 11) is 0. The number of urea groups is 1. The molecule has 1 saturated heterocycles. The minimum atomic E-state index is -0.844. The predicted molar refractivity (Wildman–Crippen MR) is 79.6 cm³/mol. The van der Waals surface area contributed by atoms with Gasteiger partial charge in [0, 0.05) is 31.4 Å². The van der Waals surface area contributed by atoms with Crippen molar-refractivity contribution < 1.29 is 19.4 Å². The SMILES string of the molecule is CCOc1ncccc1CNC(=O)N1CCCC(C(=O)O)C1. The number of nitrogens with zero attached hydrogens (tertiary/aromatic N) is 2. The van der Waals surface area contributed by atoms with Crippen molar-refractivity contribution in [3.63, 3.8) is 0 Å². The largest absolute Gasteiger partial charge is 0.481 e. The van der Waals surface area contributed by atoms with Gasteiger partial charge in [0.15, 0.2) is 0 Å². The molecule has 2 rings (SSSR count). The lowest BCUT2D eigenvalue weighted by Crippen LogP contribution is -2.46. The van der Waals surface area contributed by atoms with Crippen molar-refractivity contribution in [3.8, 4) is 5.88 Å². The first-order valence-electron chi connectivity index (χ1n) is 7.44. The molecule has 7 heteroatoms. The monoisotopic (exact) mass is 307 g/mol. The van der Waals surface area contributed by atoms with E-state index in [2.05, 4.69) is 10.3 Å². The van der Waals surface area contributed by atoms with Crippen molar-refractivity contribution >= 4 is 12.0 Å². The molecule has 1 fully saturated rings. The van der Waals surface area contributed by atoms with E-state index in [4.69, 9.17) is 9.84 Å². The average molecular weight is 307 g/mol. The van der Waals surface area contributed by atoms with Crippen LogP contribution in [-0.4, -0.2) is 46.7 Å². The fraction of sp³-hybridized carbons (Fsp3) is 0.533. The summed E-state index contributed by atoms with van der Waals surface area (Å²) in [4.78, 5) is 28.9. The molecular weight excluding hydrogens is 286 g/mol. The van der Waals surface area contributed by atoms with E-state index in [1.807, 2.05) is 13.0 Å². The molecule has 1 atom stereocenters. The van der Waals surface area contributed by atoms with Gasteiger partial charge in [-0.2, -0.15) is 0 Å². The van der Waals surface area contributed by atoms with E-state index in [0.29, 0.717) is 38.4 Å². The van der Waals surface area contributed by atoms with E-state index in [1.54, 1.807) is 17.2 Å². The van der Waals surface area contributed by atoms with Gasteiger partial charge in [0.05, 0.1) is 12.5 Å². The second-order valence-corrected chi connectivity index (χ2v) is 5.18. The van der Waals surface area contributed by atoms with E-state index >= 15 is 0 Å². The van der Waals surface area contributed by atoms with E-state index < -0.39 is 11.9 Å². The van der Waals surface area contributed by atoms with Crippen LogP contribution in [0.5, 0.6) is 5.88 Å². The third kappa shape index (κ3) is 4.09. The number of carbonyl (C=O) groups is 2. The van der Waals surface area contributed by atoms with Gasteiger partial charge >= 0.3 is 12.0 Å². The van der Waals surface area contributed by atoms with Gasteiger partial charge in [0.25, 0.3) is 0 Å². The lowest BCUT2D eigenvalue weighted by Gasteiger charge is -2.30. The van der Waals surface area contributed by atoms with Crippen molar-refractivity contribution in [1.82, 2.24) is 15.2 Å². The Morgan fingerprint density at radius 3 is 3.09 bits per heavy atom. The van der Waals surface area contributed by atoms with Gasteiger partial charge in [-0.3, -0.25) is 4.79 Å². The minimum absolute atomic E-state index is 0.253. The van der Waals surface area contributed by atoms with Crippen molar-refractivity contribution in [2.24, 2.45) is 5.92 Å². The zero-order chi connectivity index (χ0) is 15.9. The topological polar surface area (TPSA) is 91.8 Å². The molecule has 0 aromatic carbocycles. The number of hydrogen-bond acceptors (Lipinski definition) is 4. The van der Waals surface area contributed by atoms with E-state index in [1.165, 1.54) is 0 Å². The number of carbonyl (C=O) groups excluding carboxylic acids is 1. The van der Waals surface area contributed by atoms with Gasteiger partial charge in [-0.25, -0.2) is 9.78 Å². The van der Waals surface area contributed by atoms with Crippen LogP contribution >= 0.6 is 0 Å². The fourth-order valence-electron chi connectivity index (χ4n) is 2.47. The maximum Gasteiger partial charge on any atom is 0.317 e. The summed E-state index contributed by atoms with van der Waals surface area (Å²) >= 11 is 0. The molecule has 22 heavy (non-hydrogen) atoms. The number of ether oxygens (including phenoxy) is 1. The van der Waals surface area contributed by atoms with Crippen LogP contribution in [0.15, 0.2) is 18.3 Å². The van der Waals surface area contributed by atoms with Crippen LogP contribution in [0.25, 0.3) is 0 Å². The highest BCUT2D eigenvalue weighted by Gasteiger charge is 2.28. The lowest BCUT2D eigenvalue weighted by atomic mass is 9.99. The van der Waals surface area contributed by atoms with Gasteiger partial charge in [-0.05, 0) is 25.8 Å². The summed E-state index contributed by atoms with van der Waals surface area (Å²) in [6, 6.07) is 3.37. The number of carboxylic acid groups (broad SMARTS) is 1. The summed E-state index contributed by atoms with van der Waals surface area (Å²) in [6.07, 6.45) is 2.97. The maximum atomic E-state index is 12.2. The molecular formula is C15H21N3O4. The summed E-state index contributed by atoms with van der Waals surface area (Å²) < 4.78 is 5.41.